The molecule has 0 unspecified atom stereocenters. The van der Waals surface area contributed by atoms with Crippen molar-refractivity contribution in [1.29, 1.82) is 5.26 Å². The van der Waals surface area contributed by atoms with E-state index >= 15 is 0 Å². The lowest BCUT2D eigenvalue weighted by Crippen LogP contribution is -2.12. The number of thiophene rings is 1. The predicted octanol–water partition coefficient (Wildman–Crippen LogP) is 5.05. The van der Waals surface area contributed by atoms with E-state index in [1.165, 1.54) is 18.4 Å². The van der Waals surface area contributed by atoms with Gasteiger partial charge in [0.2, 0.25) is 0 Å². The van der Waals surface area contributed by atoms with E-state index in [9.17, 15) is 10.1 Å². The van der Waals surface area contributed by atoms with Crippen LogP contribution in [0.25, 0.3) is 0 Å². The van der Waals surface area contributed by atoms with Crippen molar-refractivity contribution in [3.8, 4) is 17.6 Å². The van der Waals surface area contributed by atoms with Crippen LogP contribution in [0.3, 0.4) is 0 Å². The number of nitriles is 1. The van der Waals surface area contributed by atoms with Crippen molar-refractivity contribution in [3.63, 3.8) is 0 Å². The van der Waals surface area contributed by atoms with E-state index in [-0.39, 0.29) is 5.91 Å². The Morgan fingerprint density at radius 3 is 2.72 bits per heavy atom. The number of carbonyl (C=O) groups excluding carboxylic acids is 1. The standard InChI is InChI=1S/C18H19BrN2O3S/c1-5-6-24-16-14(19)7-12(8-15(16)23-4)17(22)21-18-13(9-20)10(2)11(3)25-18/h7-8H,5-6H2,1-4H3,(H,21,22). The fourth-order valence-electron chi connectivity index (χ4n) is 2.22. The van der Waals surface area contributed by atoms with Crippen molar-refractivity contribution in [2.45, 2.75) is 27.2 Å². The van der Waals surface area contributed by atoms with Crippen LogP contribution in [0.15, 0.2) is 16.6 Å². The number of hydrogen-bond acceptors (Lipinski definition) is 5. The summed E-state index contributed by atoms with van der Waals surface area (Å²) in [5.74, 6) is 0.743. The molecule has 2 rings (SSSR count). The lowest BCUT2D eigenvalue weighted by molar-refractivity contribution is 0.102. The Morgan fingerprint density at radius 2 is 2.12 bits per heavy atom. The molecule has 0 radical (unpaired) electrons. The Labute approximate surface area is 159 Å². The van der Waals surface area contributed by atoms with Crippen molar-refractivity contribution >= 4 is 38.2 Å². The summed E-state index contributed by atoms with van der Waals surface area (Å²) < 4.78 is 11.7. The summed E-state index contributed by atoms with van der Waals surface area (Å²) >= 11 is 4.83. The molecule has 0 spiro atoms. The van der Waals surface area contributed by atoms with E-state index in [1.54, 1.807) is 12.1 Å². The molecule has 0 saturated carbocycles. The zero-order chi connectivity index (χ0) is 18.6. The van der Waals surface area contributed by atoms with Gasteiger partial charge in [-0.25, -0.2) is 0 Å². The van der Waals surface area contributed by atoms with Crippen molar-refractivity contribution in [1.82, 2.24) is 0 Å². The SMILES string of the molecule is CCCOc1c(Br)cc(C(=O)Nc2sc(C)c(C)c2C#N)cc1OC. The van der Waals surface area contributed by atoms with E-state index in [0.717, 1.165) is 16.9 Å². The second-order valence-electron chi connectivity index (χ2n) is 5.39. The van der Waals surface area contributed by atoms with Crippen molar-refractivity contribution in [2.75, 3.05) is 19.0 Å². The van der Waals surface area contributed by atoms with Gasteiger partial charge in [0.25, 0.3) is 5.91 Å². The monoisotopic (exact) mass is 422 g/mol. The minimum atomic E-state index is -0.307. The number of nitrogens with zero attached hydrogens (tertiary/aromatic N) is 1. The molecular formula is C18H19BrN2O3S. The molecule has 1 N–H and O–H groups in total. The first-order valence-corrected chi connectivity index (χ1v) is 9.35. The van der Waals surface area contributed by atoms with Crippen LogP contribution >= 0.6 is 27.3 Å². The number of nitrogens with one attached hydrogen (secondary N) is 1. The molecule has 25 heavy (non-hydrogen) atoms. The first-order valence-electron chi connectivity index (χ1n) is 7.74. The number of halogens is 1. The number of ether oxygens (including phenoxy) is 2. The Kier molecular flexibility index (Phi) is 6.45. The number of amides is 1. The van der Waals surface area contributed by atoms with Crippen molar-refractivity contribution in [2.24, 2.45) is 0 Å². The minimum absolute atomic E-state index is 0.307. The Hall–Kier alpha value is -2.04. The lowest BCUT2D eigenvalue weighted by atomic mass is 10.1. The third-order valence-corrected chi connectivity index (χ3v) is 5.38. The van der Waals surface area contributed by atoms with Gasteiger partial charge >= 0.3 is 0 Å². The Bertz CT molecular complexity index is 840. The second-order valence-corrected chi connectivity index (χ2v) is 7.47. The first kappa shape index (κ1) is 19.3. The highest BCUT2D eigenvalue weighted by atomic mass is 79.9. The summed E-state index contributed by atoms with van der Waals surface area (Å²) in [6.07, 6.45) is 0.867. The molecule has 1 heterocycles. The van der Waals surface area contributed by atoms with Gasteiger partial charge in [-0.2, -0.15) is 5.26 Å². The van der Waals surface area contributed by atoms with E-state index in [2.05, 4.69) is 27.3 Å². The van der Waals surface area contributed by atoms with Gasteiger partial charge in [-0.1, -0.05) is 6.92 Å². The molecule has 0 aliphatic heterocycles. The first-order chi connectivity index (χ1) is 11.9. The van der Waals surface area contributed by atoms with Gasteiger partial charge in [-0.15, -0.1) is 11.3 Å². The van der Waals surface area contributed by atoms with Crippen LogP contribution in [0.5, 0.6) is 11.5 Å². The number of benzene rings is 1. The zero-order valence-electron chi connectivity index (χ0n) is 14.5. The van der Waals surface area contributed by atoms with Gasteiger partial charge in [-0.05, 0) is 53.9 Å². The summed E-state index contributed by atoms with van der Waals surface area (Å²) in [6.45, 7) is 6.37. The summed E-state index contributed by atoms with van der Waals surface area (Å²) in [6, 6.07) is 5.46. The van der Waals surface area contributed by atoms with Crippen LogP contribution in [0.4, 0.5) is 5.00 Å². The maximum Gasteiger partial charge on any atom is 0.256 e. The molecule has 132 valence electrons. The molecule has 0 saturated heterocycles. The Morgan fingerprint density at radius 1 is 1.40 bits per heavy atom. The van der Waals surface area contributed by atoms with Gasteiger partial charge in [0.15, 0.2) is 11.5 Å². The zero-order valence-corrected chi connectivity index (χ0v) is 16.9. The second kappa shape index (κ2) is 8.37. The normalized spacial score (nSPS) is 10.2. The molecule has 0 aliphatic carbocycles. The predicted molar refractivity (Wildman–Crippen MR) is 103 cm³/mol. The van der Waals surface area contributed by atoms with Crippen LogP contribution < -0.4 is 14.8 Å². The van der Waals surface area contributed by atoms with Crippen LogP contribution in [0.1, 0.15) is 39.7 Å². The molecule has 0 atom stereocenters. The van der Waals surface area contributed by atoms with Crippen LogP contribution in [0.2, 0.25) is 0 Å². The average Bonchev–Trinajstić information content (AvgIpc) is 2.86. The molecule has 1 aromatic carbocycles. The van der Waals surface area contributed by atoms with E-state index in [0.29, 0.717) is 38.7 Å². The maximum atomic E-state index is 12.6. The van der Waals surface area contributed by atoms with Gasteiger partial charge in [0.05, 0.1) is 23.8 Å². The smallest absolute Gasteiger partial charge is 0.256 e. The third kappa shape index (κ3) is 4.14. The summed E-state index contributed by atoms with van der Waals surface area (Å²) in [7, 11) is 1.53. The number of anilines is 1. The van der Waals surface area contributed by atoms with Gasteiger partial charge in [-0.3, -0.25) is 4.79 Å². The largest absolute Gasteiger partial charge is 0.493 e. The van der Waals surface area contributed by atoms with Gasteiger partial charge in [0.1, 0.15) is 11.1 Å². The van der Waals surface area contributed by atoms with Crippen molar-refractivity contribution in [3.05, 3.63) is 38.2 Å². The molecule has 2 aromatic rings. The number of methoxy groups -OCH3 is 1. The highest BCUT2D eigenvalue weighted by Gasteiger charge is 2.19. The molecule has 0 fully saturated rings. The summed E-state index contributed by atoms with van der Waals surface area (Å²) in [5.41, 5.74) is 1.81. The van der Waals surface area contributed by atoms with E-state index < -0.39 is 0 Å². The van der Waals surface area contributed by atoms with Gasteiger partial charge in [0, 0.05) is 10.4 Å². The highest BCUT2D eigenvalue weighted by molar-refractivity contribution is 9.10. The van der Waals surface area contributed by atoms with E-state index in [4.69, 9.17) is 9.47 Å². The van der Waals surface area contributed by atoms with Crippen molar-refractivity contribution < 1.29 is 14.3 Å². The molecular weight excluding hydrogens is 404 g/mol. The minimum Gasteiger partial charge on any atom is -0.493 e. The van der Waals surface area contributed by atoms with Crippen LogP contribution in [0, 0.1) is 25.2 Å². The molecule has 0 aliphatic rings. The highest BCUT2D eigenvalue weighted by Crippen LogP contribution is 2.37. The van der Waals surface area contributed by atoms with Crippen LogP contribution in [-0.2, 0) is 0 Å². The topological polar surface area (TPSA) is 71.3 Å². The fraction of sp³-hybridized carbons (Fsp3) is 0.333. The average molecular weight is 423 g/mol. The molecule has 5 nitrogen and oxygen atoms in total. The van der Waals surface area contributed by atoms with E-state index in [1.807, 2.05) is 20.8 Å². The number of hydrogen-bond donors (Lipinski definition) is 1. The molecule has 1 amide bonds. The quantitative estimate of drug-likeness (QED) is 0.706. The summed E-state index contributed by atoms with van der Waals surface area (Å²) in [5, 5.41) is 12.7. The Balaban J connectivity index is 2.33. The molecule has 7 heteroatoms. The fourth-order valence-corrected chi connectivity index (χ4v) is 3.78. The number of carbonyl (C=O) groups is 1. The summed E-state index contributed by atoms with van der Waals surface area (Å²) in [4.78, 5) is 13.6. The number of aryl methyl sites for hydroxylation is 1. The molecule has 0 bridgehead atoms. The maximum absolute atomic E-state index is 12.6. The van der Waals surface area contributed by atoms with Gasteiger partial charge < -0.3 is 14.8 Å². The molecule has 1 aromatic heterocycles. The lowest BCUT2D eigenvalue weighted by Gasteiger charge is -2.14. The van der Waals surface area contributed by atoms with Crippen LogP contribution in [-0.4, -0.2) is 19.6 Å². The number of rotatable bonds is 6. The third-order valence-electron chi connectivity index (χ3n) is 3.67.